The van der Waals surface area contributed by atoms with Crippen molar-refractivity contribution in [1.82, 2.24) is 9.78 Å². The Morgan fingerprint density at radius 3 is 2.09 bits per heavy atom. The summed E-state index contributed by atoms with van der Waals surface area (Å²) in [5.41, 5.74) is 0.688. The second kappa shape index (κ2) is 5.65. The lowest BCUT2D eigenvalue weighted by atomic mass is 10.1. The maximum atomic E-state index is 12.4. The highest BCUT2D eigenvalue weighted by molar-refractivity contribution is 6.12. The van der Waals surface area contributed by atoms with Gasteiger partial charge in [0.15, 0.2) is 0 Å². The van der Waals surface area contributed by atoms with Crippen LogP contribution in [-0.2, 0) is 0 Å². The lowest BCUT2D eigenvalue weighted by Crippen LogP contribution is -2.24. The third kappa shape index (κ3) is 2.52. The zero-order chi connectivity index (χ0) is 15.5. The zero-order valence-corrected chi connectivity index (χ0v) is 11.5. The van der Waals surface area contributed by atoms with Crippen molar-refractivity contribution in [2.75, 3.05) is 0 Å². The van der Waals surface area contributed by atoms with Crippen LogP contribution in [0.5, 0.6) is 0 Å². The molecule has 108 valence electrons. The molecule has 1 heterocycles. The van der Waals surface area contributed by atoms with Crippen LogP contribution in [0.4, 0.5) is 0 Å². The van der Waals surface area contributed by atoms with Gasteiger partial charge in [-0.15, -0.1) is 0 Å². The Kier molecular flexibility index (Phi) is 3.53. The molecular weight excluding hydrogens is 280 g/mol. The summed E-state index contributed by atoms with van der Waals surface area (Å²) in [6.07, 6.45) is 1.29. The Morgan fingerprint density at radius 2 is 1.50 bits per heavy atom. The van der Waals surface area contributed by atoms with E-state index >= 15 is 0 Å². The maximum Gasteiger partial charge on any atom is 0.213 e. The van der Waals surface area contributed by atoms with Gasteiger partial charge in [-0.05, 0) is 12.1 Å². The standard InChI is InChI=1S/C17H12N2O3/c20-16(12-7-3-1-4-8-12)15-14(17(21)22)11-19(18-15)13-9-5-2-6-10-13/h1-11H,(H,21,22)/p-1. The summed E-state index contributed by atoms with van der Waals surface area (Å²) < 4.78 is 1.36. The van der Waals surface area contributed by atoms with Crippen LogP contribution in [0, 0.1) is 0 Å². The number of benzene rings is 2. The van der Waals surface area contributed by atoms with Gasteiger partial charge in [-0.3, -0.25) is 4.79 Å². The molecule has 0 N–H and O–H groups in total. The van der Waals surface area contributed by atoms with Crippen LogP contribution in [0.3, 0.4) is 0 Å². The number of hydrogen-bond acceptors (Lipinski definition) is 4. The molecule has 3 aromatic rings. The summed E-state index contributed by atoms with van der Waals surface area (Å²) in [5, 5.41) is 15.4. The number of carbonyl (C=O) groups excluding carboxylic acids is 2. The molecule has 0 spiro atoms. The molecule has 0 aliphatic rings. The van der Waals surface area contributed by atoms with Crippen LogP contribution in [0.1, 0.15) is 26.4 Å². The van der Waals surface area contributed by atoms with E-state index in [0.29, 0.717) is 11.3 Å². The fourth-order valence-electron chi connectivity index (χ4n) is 2.13. The van der Waals surface area contributed by atoms with Gasteiger partial charge in [0.2, 0.25) is 5.78 Å². The van der Waals surface area contributed by atoms with Gasteiger partial charge in [0, 0.05) is 17.3 Å². The van der Waals surface area contributed by atoms with Crippen LogP contribution < -0.4 is 5.11 Å². The summed E-state index contributed by atoms with van der Waals surface area (Å²) in [6.45, 7) is 0. The molecule has 5 nitrogen and oxygen atoms in total. The lowest BCUT2D eigenvalue weighted by molar-refractivity contribution is -0.255. The summed E-state index contributed by atoms with van der Waals surface area (Å²) in [6, 6.07) is 17.4. The Bertz CT molecular complexity index is 824. The largest absolute Gasteiger partial charge is 0.545 e. The van der Waals surface area contributed by atoms with E-state index in [1.807, 2.05) is 6.07 Å². The van der Waals surface area contributed by atoms with Crippen molar-refractivity contribution in [3.8, 4) is 5.69 Å². The van der Waals surface area contributed by atoms with Gasteiger partial charge in [-0.1, -0.05) is 48.5 Å². The first-order valence-electron chi connectivity index (χ1n) is 6.63. The van der Waals surface area contributed by atoms with Crippen molar-refractivity contribution in [3.05, 3.63) is 83.7 Å². The fraction of sp³-hybridized carbons (Fsp3) is 0. The first kappa shape index (κ1) is 13.8. The molecule has 0 atom stereocenters. The average molecular weight is 291 g/mol. The maximum absolute atomic E-state index is 12.4. The van der Waals surface area contributed by atoms with E-state index in [1.165, 1.54) is 10.9 Å². The number of aromatic carboxylic acids is 1. The average Bonchev–Trinajstić information content (AvgIpc) is 3.01. The molecule has 1 aromatic heterocycles. The van der Waals surface area contributed by atoms with E-state index in [4.69, 9.17) is 0 Å². The van der Waals surface area contributed by atoms with Gasteiger partial charge in [-0.2, -0.15) is 5.10 Å². The highest BCUT2D eigenvalue weighted by Crippen LogP contribution is 2.16. The third-order valence-corrected chi connectivity index (χ3v) is 3.21. The molecule has 0 radical (unpaired) electrons. The molecular formula is C17H11N2O3-. The highest BCUT2D eigenvalue weighted by atomic mass is 16.4. The van der Waals surface area contributed by atoms with E-state index < -0.39 is 11.8 Å². The minimum atomic E-state index is -1.43. The minimum Gasteiger partial charge on any atom is -0.545 e. The molecule has 5 heteroatoms. The lowest BCUT2D eigenvalue weighted by Gasteiger charge is -2.01. The van der Waals surface area contributed by atoms with Crippen LogP contribution in [0.25, 0.3) is 5.69 Å². The van der Waals surface area contributed by atoms with E-state index in [2.05, 4.69) is 5.10 Å². The Labute approximate surface area is 126 Å². The summed E-state index contributed by atoms with van der Waals surface area (Å²) in [7, 11) is 0. The summed E-state index contributed by atoms with van der Waals surface area (Å²) in [4.78, 5) is 23.7. The topological polar surface area (TPSA) is 75.0 Å². The molecule has 0 saturated carbocycles. The molecule has 0 amide bonds. The first-order chi connectivity index (χ1) is 10.7. The third-order valence-electron chi connectivity index (χ3n) is 3.21. The second-order valence-electron chi connectivity index (χ2n) is 4.65. The second-order valence-corrected chi connectivity index (χ2v) is 4.65. The first-order valence-corrected chi connectivity index (χ1v) is 6.63. The van der Waals surface area contributed by atoms with Crippen molar-refractivity contribution in [2.24, 2.45) is 0 Å². The van der Waals surface area contributed by atoms with Crippen LogP contribution in [-0.4, -0.2) is 21.5 Å². The van der Waals surface area contributed by atoms with E-state index in [1.54, 1.807) is 54.6 Å². The fourth-order valence-corrected chi connectivity index (χ4v) is 2.13. The van der Waals surface area contributed by atoms with Crippen LogP contribution >= 0.6 is 0 Å². The molecule has 0 aliphatic heterocycles. The van der Waals surface area contributed by atoms with E-state index in [9.17, 15) is 14.7 Å². The van der Waals surface area contributed by atoms with Crippen molar-refractivity contribution in [3.63, 3.8) is 0 Å². The molecule has 22 heavy (non-hydrogen) atoms. The molecule has 3 rings (SSSR count). The predicted molar refractivity (Wildman–Crippen MR) is 77.8 cm³/mol. The Hall–Kier alpha value is -3.21. The number of aromatic nitrogens is 2. The van der Waals surface area contributed by atoms with Gasteiger partial charge in [0.25, 0.3) is 0 Å². The molecule has 0 unspecified atom stereocenters. The van der Waals surface area contributed by atoms with E-state index in [0.717, 1.165) is 0 Å². The number of para-hydroxylation sites is 1. The van der Waals surface area contributed by atoms with E-state index in [-0.39, 0.29) is 11.3 Å². The number of rotatable bonds is 4. The van der Waals surface area contributed by atoms with Crippen molar-refractivity contribution in [1.29, 1.82) is 0 Å². The van der Waals surface area contributed by atoms with Crippen molar-refractivity contribution < 1.29 is 14.7 Å². The molecule has 0 fully saturated rings. The molecule has 0 aliphatic carbocycles. The number of carboxylic acid groups (broad SMARTS) is 1. The number of nitrogens with zero attached hydrogens (tertiary/aromatic N) is 2. The minimum absolute atomic E-state index is 0.130. The van der Waals surface area contributed by atoms with Crippen molar-refractivity contribution >= 4 is 11.8 Å². The Balaban J connectivity index is 2.09. The molecule has 0 saturated heterocycles. The van der Waals surface area contributed by atoms with Gasteiger partial charge < -0.3 is 9.90 Å². The zero-order valence-electron chi connectivity index (χ0n) is 11.5. The number of hydrogen-bond donors (Lipinski definition) is 0. The molecule has 0 bridgehead atoms. The highest BCUT2D eigenvalue weighted by Gasteiger charge is 2.19. The Morgan fingerprint density at radius 1 is 0.909 bits per heavy atom. The molecule has 2 aromatic carbocycles. The number of carbonyl (C=O) groups is 2. The van der Waals surface area contributed by atoms with Gasteiger partial charge in [-0.25, -0.2) is 4.68 Å². The number of ketones is 1. The quantitative estimate of drug-likeness (QED) is 0.682. The smallest absolute Gasteiger partial charge is 0.213 e. The van der Waals surface area contributed by atoms with Crippen LogP contribution in [0.2, 0.25) is 0 Å². The predicted octanol–water partition coefficient (Wildman–Crippen LogP) is 1.47. The SMILES string of the molecule is O=C([O-])c1cn(-c2ccccc2)nc1C(=O)c1ccccc1. The van der Waals surface area contributed by atoms with Gasteiger partial charge in [0.1, 0.15) is 5.69 Å². The van der Waals surface area contributed by atoms with Crippen molar-refractivity contribution in [2.45, 2.75) is 0 Å². The normalized spacial score (nSPS) is 10.4. The number of carboxylic acids is 1. The summed E-state index contributed by atoms with van der Waals surface area (Å²) >= 11 is 0. The summed E-state index contributed by atoms with van der Waals surface area (Å²) in [5.74, 6) is -1.88. The monoisotopic (exact) mass is 291 g/mol. The van der Waals surface area contributed by atoms with Crippen LogP contribution in [0.15, 0.2) is 66.9 Å². The van der Waals surface area contributed by atoms with Gasteiger partial charge in [0.05, 0.1) is 11.7 Å². The van der Waals surface area contributed by atoms with Gasteiger partial charge >= 0.3 is 0 Å².